The lowest BCUT2D eigenvalue weighted by molar-refractivity contribution is -0.131. The second-order valence-corrected chi connectivity index (χ2v) is 7.39. The number of rotatable bonds is 4. The molecular weight excluding hydrogens is 302 g/mol. The molecule has 0 aromatic carbocycles. The zero-order valence-corrected chi connectivity index (χ0v) is 14.4. The summed E-state index contributed by atoms with van der Waals surface area (Å²) in [4.78, 5) is 28.3. The Bertz CT molecular complexity index is 574. The van der Waals surface area contributed by atoms with E-state index in [1.165, 1.54) is 25.9 Å². The Morgan fingerprint density at radius 2 is 1.79 bits per heavy atom. The van der Waals surface area contributed by atoms with E-state index in [2.05, 4.69) is 24.7 Å². The van der Waals surface area contributed by atoms with Crippen molar-refractivity contribution in [3.8, 4) is 0 Å². The molecule has 0 aliphatic carbocycles. The van der Waals surface area contributed by atoms with Crippen molar-refractivity contribution < 1.29 is 4.79 Å². The summed E-state index contributed by atoms with van der Waals surface area (Å²) >= 11 is 0. The first-order valence-corrected chi connectivity index (χ1v) is 9.32. The highest BCUT2D eigenvalue weighted by molar-refractivity contribution is 5.80. The van der Waals surface area contributed by atoms with Gasteiger partial charge in [-0.1, -0.05) is 0 Å². The lowest BCUT2D eigenvalue weighted by Crippen LogP contribution is -2.58. The van der Waals surface area contributed by atoms with Crippen LogP contribution >= 0.6 is 0 Å². The molecule has 3 aliphatic rings. The number of hydrogen-bond acceptors (Lipinski definition) is 5. The quantitative estimate of drug-likeness (QED) is 0.838. The highest BCUT2D eigenvalue weighted by Crippen LogP contribution is 2.38. The molecule has 1 aromatic heterocycles. The number of amides is 1. The summed E-state index contributed by atoms with van der Waals surface area (Å²) in [5.41, 5.74) is -0.00570. The van der Waals surface area contributed by atoms with E-state index >= 15 is 0 Å². The van der Waals surface area contributed by atoms with Crippen LogP contribution in [0, 0.1) is 0 Å². The van der Waals surface area contributed by atoms with Crippen LogP contribution in [0.15, 0.2) is 18.5 Å². The van der Waals surface area contributed by atoms with Gasteiger partial charge >= 0.3 is 0 Å². The first kappa shape index (κ1) is 15.8. The molecule has 1 amide bonds. The average molecular weight is 329 g/mol. The standard InChI is InChI=1S/C18H27N5O/c24-16-5-7-18(23(16)14-13-21-10-1-2-11-21)6-3-12-22(15-18)17-19-8-4-9-20-17/h4,8-9H,1-3,5-7,10-15H2. The van der Waals surface area contributed by atoms with Crippen LogP contribution in [0.1, 0.15) is 38.5 Å². The zero-order valence-electron chi connectivity index (χ0n) is 14.4. The van der Waals surface area contributed by atoms with E-state index in [-0.39, 0.29) is 5.54 Å². The molecule has 3 aliphatic heterocycles. The minimum Gasteiger partial charge on any atom is -0.338 e. The highest BCUT2D eigenvalue weighted by Gasteiger charge is 2.47. The molecule has 1 unspecified atom stereocenters. The zero-order chi connectivity index (χ0) is 16.4. The van der Waals surface area contributed by atoms with E-state index in [0.29, 0.717) is 12.3 Å². The van der Waals surface area contributed by atoms with Crippen molar-refractivity contribution in [1.29, 1.82) is 0 Å². The number of nitrogens with zero attached hydrogens (tertiary/aromatic N) is 5. The molecule has 130 valence electrons. The Hall–Kier alpha value is -1.69. The van der Waals surface area contributed by atoms with Crippen molar-refractivity contribution in [2.45, 2.75) is 44.1 Å². The van der Waals surface area contributed by atoms with Gasteiger partial charge < -0.3 is 14.7 Å². The Morgan fingerprint density at radius 1 is 1.00 bits per heavy atom. The smallest absolute Gasteiger partial charge is 0.225 e. The molecule has 1 atom stereocenters. The maximum atomic E-state index is 12.6. The molecule has 24 heavy (non-hydrogen) atoms. The van der Waals surface area contributed by atoms with E-state index in [0.717, 1.165) is 51.4 Å². The first-order valence-electron chi connectivity index (χ1n) is 9.32. The Balaban J connectivity index is 1.47. The van der Waals surface area contributed by atoms with E-state index in [9.17, 15) is 4.79 Å². The molecule has 6 heteroatoms. The summed E-state index contributed by atoms with van der Waals surface area (Å²) in [5, 5.41) is 0. The van der Waals surface area contributed by atoms with Crippen LogP contribution < -0.4 is 4.90 Å². The maximum absolute atomic E-state index is 12.6. The molecule has 6 nitrogen and oxygen atoms in total. The molecule has 0 bridgehead atoms. The minimum absolute atomic E-state index is 0.00570. The summed E-state index contributed by atoms with van der Waals surface area (Å²) in [6.07, 6.45) is 10.1. The second kappa shape index (κ2) is 6.67. The van der Waals surface area contributed by atoms with E-state index in [1.54, 1.807) is 12.4 Å². The monoisotopic (exact) mass is 329 g/mol. The van der Waals surface area contributed by atoms with E-state index < -0.39 is 0 Å². The first-order chi connectivity index (χ1) is 11.8. The minimum atomic E-state index is -0.00570. The normalized spacial score (nSPS) is 28.2. The number of hydrogen-bond donors (Lipinski definition) is 0. The largest absolute Gasteiger partial charge is 0.338 e. The third kappa shape index (κ3) is 2.99. The number of piperidine rings is 1. The van der Waals surface area contributed by atoms with Crippen molar-refractivity contribution in [2.24, 2.45) is 0 Å². The molecule has 3 saturated heterocycles. The van der Waals surface area contributed by atoms with Crippen molar-refractivity contribution in [1.82, 2.24) is 19.8 Å². The van der Waals surface area contributed by atoms with Gasteiger partial charge in [0.2, 0.25) is 11.9 Å². The molecule has 0 N–H and O–H groups in total. The molecule has 0 saturated carbocycles. The fourth-order valence-corrected chi connectivity index (χ4v) is 4.65. The Labute approximate surface area is 143 Å². The van der Waals surface area contributed by atoms with Crippen LogP contribution in [0.25, 0.3) is 0 Å². The van der Waals surface area contributed by atoms with E-state index in [1.807, 2.05) is 6.07 Å². The van der Waals surface area contributed by atoms with Crippen molar-refractivity contribution in [3.63, 3.8) is 0 Å². The van der Waals surface area contributed by atoms with Crippen molar-refractivity contribution >= 4 is 11.9 Å². The summed E-state index contributed by atoms with van der Waals surface area (Å²) in [7, 11) is 0. The number of anilines is 1. The van der Waals surface area contributed by atoms with Crippen LogP contribution in [0.5, 0.6) is 0 Å². The van der Waals surface area contributed by atoms with Crippen LogP contribution in [0.2, 0.25) is 0 Å². The molecule has 1 aromatic rings. The number of carbonyl (C=O) groups excluding carboxylic acids is 1. The van der Waals surface area contributed by atoms with Crippen molar-refractivity contribution in [3.05, 3.63) is 18.5 Å². The van der Waals surface area contributed by atoms with Crippen LogP contribution in [0.4, 0.5) is 5.95 Å². The molecule has 3 fully saturated rings. The topological polar surface area (TPSA) is 52.6 Å². The van der Waals surface area contributed by atoms with Gasteiger partial charge in [-0.3, -0.25) is 4.79 Å². The number of aromatic nitrogens is 2. The second-order valence-electron chi connectivity index (χ2n) is 7.39. The van der Waals surface area contributed by atoms with Crippen LogP contribution in [-0.2, 0) is 4.79 Å². The van der Waals surface area contributed by atoms with Crippen LogP contribution in [0.3, 0.4) is 0 Å². The van der Waals surface area contributed by atoms with Crippen LogP contribution in [-0.4, -0.2) is 70.5 Å². The average Bonchev–Trinajstić information content (AvgIpc) is 3.24. The molecule has 0 radical (unpaired) electrons. The van der Waals surface area contributed by atoms with Crippen molar-refractivity contribution in [2.75, 3.05) is 44.2 Å². The molecule has 4 rings (SSSR count). The van der Waals surface area contributed by atoms with Gasteiger partial charge in [-0.15, -0.1) is 0 Å². The van der Waals surface area contributed by atoms with Gasteiger partial charge in [0.05, 0.1) is 5.54 Å². The molecule has 4 heterocycles. The third-order valence-electron chi connectivity index (χ3n) is 5.91. The predicted octanol–water partition coefficient (Wildman–Crippen LogP) is 1.53. The lowest BCUT2D eigenvalue weighted by Gasteiger charge is -2.46. The van der Waals surface area contributed by atoms with Gasteiger partial charge in [-0.05, 0) is 51.3 Å². The summed E-state index contributed by atoms with van der Waals surface area (Å²) in [5.74, 6) is 1.14. The summed E-state index contributed by atoms with van der Waals surface area (Å²) in [6.45, 7) is 6.15. The SMILES string of the molecule is O=C1CCC2(CCCN(c3ncccn3)C2)N1CCN1CCCC1. The van der Waals surface area contributed by atoms with Gasteiger partial charge in [-0.2, -0.15) is 0 Å². The molecule has 1 spiro atoms. The van der Waals surface area contributed by atoms with Gasteiger partial charge in [0.15, 0.2) is 0 Å². The number of likely N-dealkylation sites (tertiary alicyclic amines) is 2. The summed E-state index contributed by atoms with van der Waals surface area (Å²) in [6, 6.07) is 1.85. The summed E-state index contributed by atoms with van der Waals surface area (Å²) < 4.78 is 0. The van der Waals surface area contributed by atoms with Gasteiger partial charge in [0, 0.05) is 45.0 Å². The fraction of sp³-hybridized carbons (Fsp3) is 0.722. The maximum Gasteiger partial charge on any atom is 0.225 e. The third-order valence-corrected chi connectivity index (χ3v) is 5.91. The van der Waals surface area contributed by atoms with Gasteiger partial charge in [0.25, 0.3) is 0 Å². The highest BCUT2D eigenvalue weighted by atomic mass is 16.2. The van der Waals surface area contributed by atoms with Gasteiger partial charge in [-0.25, -0.2) is 9.97 Å². The number of carbonyl (C=O) groups is 1. The molecular formula is C18H27N5O. The van der Waals surface area contributed by atoms with E-state index in [4.69, 9.17) is 0 Å². The lowest BCUT2D eigenvalue weighted by atomic mass is 9.86. The van der Waals surface area contributed by atoms with Gasteiger partial charge in [0.1, 0.15) is 0 Å². The predicted molar refractivity (Wildman–Crippen MR) is 92.8 cm³/mol. The fourth-order valence-electron chi connectivity index (χ4n) is 4.65. The Kier molecular flexibility index (Phi) is 4.39. The Morgan fingerprint density at radius 3 is 2.58 bits per heavy atom.